The molecule has 0 radical (unpaired) electrons. The Morgan fingerprint density at radius 1 is 1.07 bits per heavy atom. The summed E-state index contributed by atoms with van der Waals surface area (Å²) in [6.45, 7) is 2.68. The van der Waals surface area contributed by atoms with Gasteiger partial charge in [0.05, 0.1) is 12.2 Å². The summed E-state index contributed by atoms with van der Waals surface area (Å²) >= 11 is 0. The number of hydrogen-bond donors (Lipinski definition) is 1. The maximum Gasteiger partial charge on any atom is 0.234 e. The zero-order chi connectivity index (χ0) is 18.6. The van der Waals surface area contributed by atoms with Gasteiger partial charge in [0.1, 0.15) is 11.5 Å². The molecule has 1 aromatic heterocycles. The van der Waals surface area contributed by atoms with E-state index in [9.17, 15) is 4.79 Å². The summed E-state index contributed by atoms with van der Waals surface area (Å²) in [5.41, 5.74) is 3.09. The summed E-state index contributed by atoms with van der Waals surface area (Å²) < 4.78 is 7.68. The van der Waals surface area contributed by atoms with Crippen LogP contribution in [0.15, 0.2) is 60.8 Å². The quantitative estimate of drug-likeness (QED) is 0.758. The van der Waals surface area contributed by atoms with Gasteiger partial charge < -0.3 is 10.1 Å². The number of hydrogen-bond acceptors (Lipinski definition) is 4. The number of benzene rings is 2. The molecule has 3 aromatic rings. The predicted molar refractivity (Wildman–Crippen MR) is 103 cm³/mol. The third kappa shape index (κ3) is 4.17. The number of amides is 1. The first-order valence-electron chi connectivity index (χ1n) is 9.02. The van der Waals surface area contributed by atoms with E-state index in [2.05, 4.69) is 15.3 Å². The second kappa shape index (κ2) is 7.63. The first kappa shape index (κ1) is 17.3. The fraction of sp³-hybridized carbons (Fsp3) is 0.238. The van der Waals surface area contributed by atoms with Crippen molar-refractivity contribution >= 4 is 5.91 Å². The molecule has 1 saturated heterocycles. The average molecular weight is 362 g/mol. The Bertz CT molecular complexity index is 919. The summed E-state index contributed by atoms with van der Waals surface area (Å²) in [7, 11) is 1.92. The van der Waals surface area contributed by atoms with E-state index < -0.39 is 0 Å². The lowest BCUT2D eigenvalue weighted by Gasteiger charge is -2.26. The molecule has 1 N–H and O–H groups in total. The molecule has 2 heterocycles. The van der Waals surface area contributed by atoms with Crippen molar-refractivity contribution < 1.29 is 9.53 Å². The maximum absolute atomic E-state index is 11.6. The summed E-state index contributed by atoms with van der Waals surface area (Å²) in [6, 6.07) is 17.7. The number of carbonyl (C=O) groups is 1. The molecule has 0 unspecified atom stereocenters. The molecule has 27 heavy (non-hydrogen) atoms. The van der Waals surface area contributed by atoms with Gasteiger partial charge in [-0.15, -0.1) is 0 Å². The van der Waals surface area contributed by atoms with Crippen LogP contribution in [-0.2, 0) is 18.4 Å². The maximum atomic E-state index is 11.6. The number of nitrogens with zero attached hydrogens (tertiary/aromatic N) is 3. The molecular weight excluding hydrogens is 340 g/mol. The van der Waals surface area contributed by atoms with Crippen LogP contribution in [0.2, 0.25) is 0 Å². The lowest BCUT2D eigenvalue weighted by atomic mass is 10.1. The van der Waals surface area contributed by atoms with Crippen molar-refractivity contribution in [3.05, 3.63) is 66.4 Å². The highest BCUT2D eigenvalue weighted by Crippen LogP contribution is 2.27. The van der Waals surface area contributed by atoms with Crippen LogP contribution in [0.3, 0.4) is 0 Å². The minimum atomic E-state index is 0.0779. The predicted octanol–water partition coefficient (Wildman–Crippen LogP) is 2.81. The number of rotatable bonds is 5. The number of aromatic nitrogens is 2. The van der Waals surface area contributed by atoms with Crippen LogP contribution >= 0.6 is 0 Å². The first-order chi connectivity index (χ1) is 13.2. The van der Waals surface area contributed by atoms with Crippen LogP contribution in [0.5, 0.6) is 11.5 Å². The van der Waals surface area contributed by atoms with Crippen molar-refractivity contribution in [1.29, 1.82) is 0 Å². The van der Waals surface area contributed by atoms with E-state index in [4.69, 9.17) is 4.74 Å². The SMILES string of the molecule is Cn1cc(CN2CCNC(=O)C2)c(-c2ccc(Oc3ccccc3)cc2)n1. The molecule has 4 rings (SSSR count). The van der Waals surface area contributed by atoms with Gasteiger partial charge in [0.25, 0.3) is 0 Å². The second-order valence-corrected chi connectivity index (χ2v) is 6.68. The largest absolute Gasteiger partial charge is 0.457 e. The molecule has 0 aliphatic carbocycles. The van der Waals surface area contributed by atoms with Crippen LogP contribution in [0.25, 0.3) is 11.3 Å². The van der Waals surface area contributed by atoms with Crippen LogP contribution in [-0.4, -0.2) is 40.2 Å². The van der Waals surface area contributed by atoms with E-state index in [-0.39, 0.29) is 5.91 Å². The van der Waals surface area contributed by atoms with E-state index in [1.165, 1.54) is 0 Å². The minimum absolute atomic E-state index is 0.0779. The standard InChI is InChI=1S/C21H22N4O2/c1-24-13-17(14-25-12-11-22-20(26)15-25)21(23-24)16-7-9-19(10-8-16)27-18-5-3-2-4-6-18/h2-10,13H,11-12,14-15H2,1H3,(H,22,26). The van der Waals surface area contributed by atoms with Crippen molar-refractivity contribution in [2.75, 3.05) is 19.6 Å². The normalized spacial score (nSPS) is 14.8. The van der Waals surface area contributed by atoms with Gasteiger partial charge in [-0.05, 0) is 36.4 Å². The van der Waals surface area contributed by atoms with Gasteiger partial charge in [0.2, 0.25) is 5.91 Å². The smallest absolute Gasteiger partial charge is 0.234 e. The highest BCUT2D eigenvalue weighted by atomic mass is 16.5. The van der Waals surface area contributed by atoms with E-state index in [0.29, 0.717) is 19.6 Å². The number of piperazine rings is 1. The van der Waals surface area contributed by atoms with Gasteiger partial charge in [0.15, 0.2) is 0 Å². The fourth-order valence-electron chi connectivity index (χ4n) is 3.27. The van der Waals surface area contributed by atoms with Gasteiger partial charge in [-0.2, -0.15) is 5.10 Å². The van der Waals surface area contributed by atoms with Crippen LogP contribution in [0, 0.1) is 0 Å². The van der Waals surface area contributed by atoms with Gasteiger partial charge in [0, 0.05) is 44.0 Å². The third-order valence-corrected chi connectivity index (χ3v) is 4.52. The lowest BCUT2D eigenvalue weighted by Crippen LogP contribution is -2.47. The number of carbonyl (C=O) groups excluding carboxylic acids is 1. The molecule has 0 saturated carbocycles. The monoisotopic (exact) mass is 362 g/mol. The van der Waals surface area contributed by atoms with Crippen molar-refractivity contribution in [1.82, 2.24) is 20.0 Å². The molecule has 0 bridgehead atoms. The van der Waals surface area contributed by atoms with E-state index in [0.717, 1.165) is 34.9 Å². The van der Waals surface area contributed by atoms with Crippen LogP contribution < -0.4 is 10.1 Å². The highest BCUT2D eigenvalue weighted by molar-refractivity contribution is 5.78. The summed E-state index contributed by atoms with van der Waals surface area (Å²) in [6.07, 6.45) is 2.02. The highest BCUT2D eigenvalue weighted by Gasteiger charge is 2.19. The number of para-hydroxylation sites is 1. The van der Waals surface area contributed by atoms with Gasteiger partial charge >= 0.3 is 0 Å². The zero-order valence-corrected chi connectivity index (χ0v) is 15.3. The van der Waals surface area contributed by atoms with Crippen molar-refractivity contribution in [2.24, 2.45) is 7.05 Å². The molecule has 1 fully saturated rings. The van der Waals surface area contributed by atoms with Crippen molar-refractivity contribution in [2.45, 2.75) is 6.54 Å². The van der Waals surface area contributed by atoms with Crippen molar-refractivity contribution in [3.63, 3.8) is 0 Å². The second-order valence-electron chi connectivity index (χ2n) is 6.68. The Morgan fingerprint density at radius 3 is 2.56 bits per heavy atom. The zero-order valence-electron chi connectivity index (χ0n) is 15.3. The third-order valence-electron chi connectivity index (χ3n) is 4.52. The average Bonchev–Trinajstić information content (AvgIpc) is 3.03. The summed E-state index contributed by atoms with van der Waals surface area (Å²) in [4.78, 5) is 13.8. The number of nitrogens with one attached hydrogen (secondary N) is 1. The van der Waals surface area contributed by atoms with Crippen LogP contribution in [0.1, 0.15) is 5.56 Å². The number of ether oxygens (including phenoxy) is 1. The summed E-state index contributed by atoms with van der Waals surface area (Å²) in [5.74, 6) is 1.68. The van der Waals surface area contributed by atoms with Gasteiger partial charge in [-0.1, -0.05) is 18.2 Å². The Balaban J connectivity index is 1.52. The fourth-order valence-corrected chi connectivity index (χ4v) is 3.27. The van der Waals surface area contributed by atoms with E-state index >= 15 is 0 Å². The van der Waals surface area contributed by atoms with Gasteiger partial charge in [-0.3, -0.25) is 14.4 Å². The van der Waals surface area contributed by atoms with E-state index in [1.54, 1.807) is 0 Å². The molecule has 1 aliphatic rings. The van der Waals surface area contributed by atoms with Gasteiger partial charge in [-0.25, -0.2) is 0 Å². The van der Waals surface area contributed by atoms with Crippen LogP contribution in [0.4, 0.5) is 0 Å². The minimum Gasteiger partial charge on any atom is -0.457 e. The molecular formula is C21H22N4O2. The molecule has 0 spiro atoms. The molecule has 1 amide bonds. The molecule has 0 atom stereocenters. The molecule has 1 aliphatic heterocycles. The van der Waals surface area contributed by atoms with E-state index in [1.807, 2.05) is 72.5 Å². The lowest BCUT2D eigenvalue weighted by molar-refractivity contribution is -0.124. The Kier molecular flexibility index (Phi) is 4.89. The first-order valence-corrected chi connectivity index (χ1v) is 9.02. The molecule has 6 heteroatoms. The number of aryl methyl sites for hydroxylation is 1. The molecule has 2 aromatic carbocycles. The molecule has 6 nitrogen and oxygen atoms in total. The topological polar surface area (TPSA) is 59.4 Å². The molecule has 138 valence electrons. The summed E-state index contributed by atoms with van der Waals surface area (Å²) in [5, 5.41) is 7.49. The Labute approximate surface area is 158 Å². The Hall–Kier alpha value is -3.12. The Morgan fingerprint density at radius 2 is 1.81 bits per heavy atom. The van der Waals surface area contributed by atoms with Crippen molar-refractivity contribution in [3.8, 4) is 22.8 Å².